The number of carbonyl (C=O) groups is 1. The molecule has 1 N–H and O–H groups in total. The number of benzene rings is 2. The van der Waals surface area contributed by atoms with Gasteiger partial charge in [0.05, 0.1) is 35.5 Å². The van der Waals surface area contributed by atoms with E-state index in [-0.39, 0.29) is 17.7 Å². The molecule has 0 aliphatic heterocycles. The number of rotatable bonds is 4. The summed E-state index contributed by atoms with van der Waals surface area (Å²) in [5.41, 5.74) is 2.80. The molecule has 0 atom stereocenters. The summed E-state index contributed by atoms with van der Waals surface area (Å²) in [5.74, 6) is 5.05. The number of nitrogens with zero attached hydrogens (tertiary/aromatic N) is 3. The molecule has 4 aromatic rings. The largest absolute Gasteiger partial charge is 0.478 e. The third kappa shape index (κ3) is 4.80. The van der Waals surface area contributed by atoms with Gasteiger partial charge in [0.1, 0.15) is 5.69 Å². The first-order valence-corrected chi connectivity index (χ1v) is 9.78. The van der Waals surface area contributed by atoms with E-state index in [0.29, 0.717) is 28.0 Å². The first-order valence-electron chi connectivity index (χ1n) is 9.40. The van der Waals surface area contributed by atoms with Crippen LogP contribution in [0.5, 0.6) is 0 Å². The van der Waals surface area contributed by atoms with Crippen LogP contribution < -0.4 is 5.56 Å². The number of carboxylic acid groups (broad SMARTS) is 1. The Morgan fingerprint density at radius 1 is 1.03 bits per heavy atom. The van der Waals surface area contributed by atoms with Gasteiger partial charge < -0.3 is 5.11 Å². The summed E-state index contributed by atoms with van der Waals surface area (Å²) >= 11 is 5.89. The molecule has 31 heavy (non-hydrogen) atoms. The van der Waals surface area contributed by atoms with Crippen LogP contribution in [-0.4, -0.2) is 25.6 Å². The Labute approximate surface area is 182 Å². The number of carboxylic acids is 1. The van der Waals surface area contributed by atoms with Gasteiger partial charge in [0.25, 0.3) is 5.56 Å². The lowest BCUT2D eigenvalue weighted by Gasteiger charge is -2.07. The van der Waals surface area contributed by atoms with E-state index in [1.54, 1.807) is 18.2 Å². The van der Waals surface area contributed by atoms with Crippen molar-refractivity contribution in [3.63, 3.8) is 0 Å². The van der Waals surface area contributed by atoms with Gasteiger partial charge in [0, 0.05) is 11.4 Å². The average Bonchev–Trinajstić information content (AvgIpc) is 2.78. The second-order valence-corrected chi connectivity index (χ2v) is 7.31. The van der Waals surface area contributed by atoms with Gasteiger partial charge in [-0.25, -0.2) is 14.8 Å². The predicted molar refractivity (Wildman–Crippen MR) is 118 cm³/mol. The van der Waals surface area contributed by atoms with E-state index in [1.807, 2.05) is 24.3 Å². The highest BCUT2D eigenvalue weighted by atomic mass is 35.5. The highest BCUT2D eigenvalue weighted by molar-refractivity contribution is 6.30. The van der Waals surface area contributed by atoms with Crippen molar-refractivity contribution in [2.24, 2.45) is 0 Å². The van der Waals surface area contributed by atoms with Crippen LogP contribution in [0, 0.1) is 11.8 Å². The molecular weight excluding hydrogens is 414 g/mol. The number of hydrogen-bond acceptors (Lipinski definition) is 4. The summed E-state index contributed by atoms with van der Waals surface area (Å²) in [6.45, 7) is 0.279. The van der Waals surface area contributed by atoms with Gasteiger partial charge in [-0.3, -0.25) is 9.36 Å². The minimum Gasteiger partial charge on any atom is -0.478 e. The van der Waals surface area contributed by atoms with E-state index in [2.05, 4.69) is 21.8 Å². The molecule has 0 bridgehead atoms. The van der Waals surface area contributed by atoms with Crippen molar-refractivity contribution in [1.29, 1.82) is 0 Å². The van der Waals surface area contributed by atoms with E-state index < -0.39 is 5.97 Å². The number of hydrogen-bond donors (Lipinski definition) is 1. The van der Waals surface area contributed by atoms with E-state index in [0.717, 1.165) is 11.1 Å². The Kier molecular flexibility index (Phi) is 5.78. The minimum atomic E-state index is -0.992. The SMILES string of the molecule is O=C(O)c1ccc(Cn2cnc3cnc(C#CCc4ccc(Cl)cc4)cc3c2=O)cc1. The minimum absolute atomic E-state index is 0.195. The van der Waals surface area contributed by atoms with Crippen LogP contribution in [0.3, 0.4) is 0 Å². The Morgan fingerprint density at radius 3 is 2.45 bits per heavy atom. The molecule has 0 amide bonds. The van der Waals surface area contributed by atoms with Crippen molar-refractivity contribution in [2.45, 2.75) is 13.0 Å². The van der Waals surface area contributed by atoms with Gasteiger partial charge in [0.2, 0.25) is 0 Å². The molecule has 0 saturated heterocycles. The molecule has 2 aromatic heterocycles. The van der Waals surface area contributed by atoms with Gasteiger partial charge in [-0.2, -0.15) is 0 Å². The van der Waals surface area contributed by atoms with Crippen molar-refractivity contribution < 1.29 is 9.90 Å². The number of pyridine rings is 1. The van der Waals surface area contributed by atoms with E-state index in [4.69, 9.17) is 16.7 Å². The van der Waals surface area contributed by atoms with Crippen molar-refractivity contribution in [3.8, 4) is 11.8 Å². The summed E-state index contributed by atoms with van der Waals surface area (Å²) < 4.78 is 1.48. The summed E-state index contributed by atoms with van der Waals surface area (Å²) in [7, 11) is 0. The monoisotopic (exact) mass is 429 g/mol. The second-order valence-electron chi connectivity index (χ2n) is 6.87. The van der Waals surface area contributed by atoms with E-state index in [1.165, 1.54) is 29.2 Å². The Bertz CT molecular complexity index is 1380. The number of aromatic nitrogens is 3. The fourth-order valence-corrected chi connectivity index (χ4v) is 3.16. The van der Waals surface area contributed by atoms with E-state index >= 15 is 0 Å². The van der Waals surface area contributed by atoms with Crippen molar-refractivity contribution in [1.82, 2.24) is 14.5 Å². The van der Waals surface area contributed by atoms with Gasteiger partial charge in [-0.1, -0.05) is 41.8 Å². The van der Waals surface area contributed by atoms with Crippen molar-refractivity contribution >= 4 is 28.5 Å². The summed E-state index contributed by atoms with van der Waals surface area (Å²) in [6, 6.07) is 15.5. The molecule has 0 fully saturated rings. The average molecular weight is 430 g/mol. The molecule has 2 heterocycles. The predicted octanol–water partition coefficient (Wildman–Crippen LogP) is 3.79. The lowest BCUT2D eigenvalue weighted by molar-refractivity contribution is 0.0697. The Balaban J connectivity index is 1.58. The van der Waals surface area contributed by atoms with Crippen molar-refractivity contribution in [3.05, 3.63) is 105 Å². The Hall–Kier alpha value is -3.95. The fourth-order valence-electron chi connectivity index (χ4n) is 3.03. The number of halogens is 1. The lowest BCUT2D eigenvalue weighted by Crippen LogP contribution is -2.21. The molecule has 0 radical (unpaired) electrons. The third-order valence-electron chi connectivity index (χ3n) is 4.69. The van der Waals surface area contributed by atoms with Crippen LogP contribution >= 0.6 is 11.6 Å². The van der Waals surface area contributed by atoms with Crippen LogP contribution in [0.15, 0.2) is 71.9 Å². The summed E-state index contributed by atoms with van der Waals surface area (Å²) in [4.78, 5) is 32.5. The molecule has 0 aliphatic rings. The van der Waals surface area contributed by atoms with Crippen LogP contribution in [0.2, 0.25) is 5.02 Å². The third-order valence-corrected chi connectivity index (χ3v) is 4.94. The lowest BCUT2D eigenvalue weighted by atomic mass is 10.1. The highest BCUT2D eigenvalue weighted by Gasteiger charge is 2.07. The molecule has 0 unspecified atom stereocenters. The van der Waals surface area contributed by atoms with Gasteiger partial charge in [-0.15, -0.1) is 0 Å². The smallest absolute Gasteiger partial charge is 0.335 e. The van der Waals surface area contributed by atoms with Crippen LogP contribution in [0.1, 0.15) is 27.2 Å². The second kappa shape index (κ2) is 8.82. The molecule has 0 spiro atoms. The molecule has 2 aromatic carbocycles. The molecule has 4 rings (SSSR count). The first kappa shape index (κ1) is 20.3. The molecular formula is C24H16ClN3O3. The topological polar surface area (TPSA) is 85.1 Å². The maximum Gasteiger partial charge on any atom is 0.335 e. The zero-order chi connectivity index (χ0) is 21.8. The van der Waals surface area contributed by atoms with Crippen LogP contribution in [0.4, 0.5) is 0 Å². The Morgan fingerprint density at radius 2 is 1.74 bits per heavy atom. The zero-order valence-corrected chi connectivity index (χ0v) is 17.0. The highest BCUT2D eigenvalue weighted by Crippen LogP contribution is 2.11. The molecule has 6 nitrogen and oxygen atoms in total. The first-order chi connectivity index (χ1) is 15.0. The molecule has 7 heteroatoms. The van der Waals surface area contributed by atoms with Crippen molar-refractivity contribution in [2.75, 3.05) is 0 Å². The zero-order valence-electron chi connectivity index (χ0n) is 16.2. The van der Waals surface area contributed by atoms with Gasteiger partial charge >= 0.3 is 5.97 Å². The maximum absolute atomic E-state index is 12.9. The van der Waals surface area contributed by atoms with Crippen LogP contribution in [-0.2, 0) is 13.0 Å². The standard InChI is InChI=1S/C24H16ClN3O3/c25-19-10-6-16(7-11-19)2-1-3-20-12-21-22(13-26-20)27-15-28(23(21)29)14-17-4-8-18(9-5-17)24(30)31/h4-13,15H,2,14H2,(H,30,31). The maximum atomic E-state index is 12.9. The molecule has 152 valence electrons. The number of aromatic carboxylic acids is 1. The molecule has 0 aliphatic carbocycles. The normalized spacial score (nSPS) is 10.5. The van der Waals surface area contributed by atoms with Crippen LogP contribution in [0.25, 0.3) is 10.9 Å². The van der Waals surface area contributed by atoms with Gasteiger partial charge in [0.15, 0.2) is 0 Å². The summed E-state index contributed by atoms with van der Waals surface area (Å²) in [6.07, 6.45) is 3.54. The van der Waals surface area contributed by atoms with Gasteiger partial charge in [-0.05, 0) is 47.4 Å². The quantitative estimate of drug-likeness (QED) is 0.499. The summed E-state index contributed by atoms with van der Waals surface area (Å²) in [5, 5.41) is 10.1. The van der Waals surface area contributed by atoms with E-state index in [9.17, 15) is 9.59 Å². The fraction of sp³-hybridized carbons (Fsp3) is 0.0833. The molecule has 0 saturated carbocycles. The number of fused-ring (bicyclic) bond motifs is 1.